The van der Waals surface area contributed by atoms with Gasteiger partial charge >= 0.3 is 0 Å². The van der Waals surface area contributed by atoms with E-state index in [2.05, 4.69) is 20.8 Å². The minimum atomic E-state index is 0.139. The molecule has 0 aliphatic carbocycles. The summed E-state index contributed by atoms with van der Waals surface area (Å²) in [5.41, 5.74) is 0.139. The second-order valence-electron chi connectivity index (χ2n) is 2.50. The van der Waals surface area contributed by atoms with E-state index >= 15 is 0 Å². The summed E-state index contributed by atoms with van der Waals surface area (Å²) in [6, 6.07) is 0. The van der Waals surface area contributed by atoms with Crippen LogP contribution in [0.1, 0.15) is 13.8 Å². The predicted molar refractivity (Wildman–Crippen MR) is 28.9 cm³/mol. The van der Waals surface area contributed by atoms with E-state index in [4.69, 9.17) is 4.74 Å². The van der Waals surface area contributed by atoms with Crippen molar-refractivity contribution in [3.05, 3.63) is 6.92 Å². The minimum absolute atomic E-state index is 0.139. The van der Waals surface area contributed by atoms with E-state index in [9.17, 15) is 0 Å². The van der Waals surface area contributed by atoms with Crippen molar-refractivity contribution < 1.29 is 4.74 Å². The van der Waals surface area contributed by atoms with E-state index in [0.717, 1.165) is 6.61 Å². The first-order chi connectivity index (χ1) is 3.15. The normalized spacial score (nSPS) is 39.4. The van der Waals surface area contributed by atoms with Gasteiger partial charge in [0.25, 0.3) is 0 Å². The molecule has 0 N–H and O–H groups in total. The lowest BCUT2D eigenvalue weighted by Gasteiger charge is -2.06. The molecule has 2 unspecified atom stereocenters. The van der Waals surface area contributed by atoms with Crippen LogP contribution in [0.2, 0.25) is 0 Å². The molecule has 0 saturated carbocycles. The maximum absolute atomic E-state index is 5.09. The summed E-state index contributed by atoms with van der Waals surface area (Å²) in [4.78, 5) is 0. The van der Waals surface area contributed by atoms with Crippen molar-refractivity contribution in [3.63, 3.8) is 0 Å². The van der Waals surface area contributed by atoms with E-state index in [1.807, 2.05) is 0 Å². The van der Waals surface area contributed by atoms with Crippen molar-refractivity contribution in [2.24, 2.45) is 5.92 Å². The first kappa shape index (κ1) is 5.10. The Hall–Kier alpha value is -0.0400. The molecule has 0 amide bonds. The number of hydrogen-bond acceptors (Lipinski definition) is 1. The van der Waals surface area contributed by atoms with Crippen molar-refractivity contribution in [1.29, 1.82) is 0 Å². The highest BCUT2D eigenvalue weighted by atomic mass is 16.6. The van der Waals surface area contributed by atoms with Crippen molar-refractivity contribution in [2.45, 2.75) is 19.4 Å². The van der Waals surface area contributed by atoms with Crippen molar-refractivity contribution in [1.82, 2.24) is 0 Å². The molecule has 41 valence electrons. The highest BCUT2D eigenvalue weighted by Crippen LogP contribution is 2.33. The Morgan fingerprint density at radius 3 is 2.29 bits per heavy atom. The lowest BCUT2D eigenvalue weighted by Crippen LogP contribution is -2.13. The molecule has 0 aromatic carbocycles. The van der Waals surface area contributed by atoms with Gasteiger partial charge in [-0.2, -0.15) is 0 Å². The van der Waals surface area contributed by atoms with Crippen LogP contribution in [0, 0.1) is 12.8 Å². The van der Waals surface area contributed by atoms with Gasteiger partial charge in [0.2, 0.25) is 0 Å². The van der Waals surface area contributed by atoms with Crippen LogP contribution in [0.5, 0.6) is 0 Å². The van der Waals surface area contributed by atoms with E-state index in [1.54, 1.807) is 0 Å². The molecule has 1 nitrogen and oxygen atoms in total. The van der Waals surface area contributed by atoms with E-state index in [1.165, 1.54) is 0 Å². The SMILES string of the molecule is [CH2]C(C)C1(C)CO1. The van der Waals surface area contributed by atoms with Crippen LogP contribution >= 0.6 is 0 Å². The topological polar surface area (TPSA) is 12.5 Å². The van der Waals surface area contributed by atoms with Crippen LogP contribution in [0.25, 0.3) is 0 Å². The predicted octanol–water partition coefficient (Wildman–Crippen LogP) is 1.25. The lowest BCUT2D eigenvalue weighted by molar-refractivity contribution is 0.276. The van der Waals surface area contributed by atoms with E-state index in [-0.39, 0.29) is 5.60 Å². The molecule has 1 heteroatoms. The molecule has 0 bridgehead atoms. The molecule has 1 aliphatic rings. The maximum atomic E-state index is 5.09. The summed E-state index contributed by atoms with van der Waals surface area (Å²) in [6.45, 7) is 8.91. The molecular formula is C6H11O. The third kappa shape index (κ3) is 0.778. The minimum Gasteiger partial charge on any atom is -0.370 e. The molecular weight excluding hydrogens is 88.1 g/mol. The Kier molecular flexibility index (Phi) is 0.890. The highest BCUT2D eigenvalue weighted by molar-refractivity contribution is 4.92. The third-order valence-corrected chi connectivity index (χ3v) is 1.64. The Bertz CT molecular complexity index is 72.2. The zero-order chi connectivity index (χ0) is 5.49. The van der Waals surface area contributed by atoms with E-state index < -0.39 is 0 Å². The smallest absolute Gasteiger partial charge is 0.0913 e. The summed E-state index contributed by atoms with van der Waals surface area (Å²) in [5, 5.41) is 0. The van der Waals surface area contributed by atoms with Crippen LogP contribution in [0.15, 0.2) is 0 Å². The Morgan fingerprint density at radius 2 is 2.29 bits per heavy atom. The fourth-order valence-corrected chi connectivity index (χ4v) is 0.398. The molecule has 1 rings (SSSR count). The largest absolute Gasteiger partial charge is 0.370 e. The Labute approximate surface area is 44.7 Å². The summed E-state index contributed by atoms with van der Waals surface area (Å²) in [6.07, 6.45) is 0. The fraction of sp³-hybridized carbons (Fsp3) is 0.833. The fourth-order valence-electron chi connectivity index (χ4n) is 0.398. The molecule has 1 heterocycles. The highest BCUT2D eigenvalue weighted by Gasteiger charge is 2.42. The molecule has 1 fully saturated rings. The summed E-state index contributed by atoms with van der Waals surface area (Å²) in [5.74, 6) is 0.437. The average molecular weight is 99.2 g/mol. The monoisotopic (exact) mass is 99.1 g/mol. The van der Waals surface area contributed by atoms with Crippen molar-refractivity contribution in [3.8, 4) is 0 Å². The zero-order valence-electron chi connectivity index (χ0n) is 4.90. The standard InChI is InChI=1S/C6H11O/c1-5(2)6(3)4-7-6/h5H,1,4H2,2-3H3. The van der Waals surface area contributed by atoms with Crippen molar-refractivity contribution >= 4 is 0 Å². The average Bonchev–Trinajstić information content (AvgIpc) is 2.21. The number of hydrogen-bond donors (Lipinski definition) is 0. The number of rotatable bonds is 1. The van der Waals surface area contributed by atoms with Crippen LogP contribution < -0.4 is 0 Å². The summed E-state index contributed by atoms with van der Waals surface area (Å²) in [7, 11) is 0. The van der Waals surface area contributed by atoms with E-state index in [0.29, 0.717) is 5.92 Å². The van der Waals surface area contributed by atoms with Crippen LogP contribution in [-0.4, -0.2) is 12.2 Å². The van der Waals surface area contributed by atoms with Gasteiger partial charge in [0.1, 0.15) is 0 Å². The van der Waals surface area contributed by atoms with Gasteiger partial charge in [-0.15, -0.1) is 0 Å². The van der Waals surface area contributed by atoms with Gasteiger partial charge in [-0.25, -0.2) is 0 Å². The summed E-state index contributed by atoms with van der Waals surface area (Å²) < 4.78 is 5.09. The van der Waals surface area contributed by atoms with Crippen LogP contribution in [0.3, 0.4) is 0 Å². The van der Waals surface area contributed by atoms with Gasteiger partial charge in [0.15, 0.2) is 0 Å². The number of ether oxygens (including phenoxy) is 1. The maximum Gasteiger partial charge on any atom is 0.0913 e. The second-order valence-corrected chi connectivity index (χ2v) is 2.50. The lowest BCUT2D eigenvalue weighted by atomic mass is 10.00. The number of epoxide rings is 1. The molecule has 1 radical (unpaired) electrons. The van der Waals surface area contributed by atoms with Gasteiger partial charge in [-0.05, 0) is 19.8 Å². The molecule has 2 atom stereocenters. The molecule has 7 heavy (non-hydrogen) atoms. The van der Waals surface area contributed by atoms with Crippen LogP contribution in [0.4, 0.5) is 0 Å². The molecule has 0 aromatic heterocycles. The molecule has 0 aromatic rings. The third-order valence-electron chi connectivity index (χ3n) is 1.64. The van der Waals surface area contributed by atoms with Gasteiger partial charge in [0, 0.05) is 0 Å². The second kappa shape index (κ2) is 1.22. The molecule has 1 saturated heterocycles. The zero-order valence-corrected chi connectivity index (χ0v) is 4.90. The summed E-state index contributed by atoms with van der Waals surface area (Å²) >= 11 is 0. The Morgan fingerprint density at radius 1 is 1.86 bits per heavy atom. The van der Waals surface area contributed by atoms with Gasteiger partial charge < -0.3 is 4.74 Å². The molecule has 1 aliphatic heterocycles. The van der Waals surface area contributed by atoms with Gasteiger partial charge in [-0.1, -0.05) is 6.92 Å². The molecule has 0 spiro atoms. The Balaban J connectivity index is 2.39. The quantitative estimate of drug-likeness (QED) is 0.451. The van der Waals surface area contributed by atoms with Gasteiger partial charge in [0.05, 0.1) is 12.2 Å². The first-order valence-electron chi connectivity index (χ1n) is 2.62. The van der Waals surface area contributed by atoms with Crippen LogP contribution in [-0.2, 0) is 4.74 Å². The van der Waals surface area contributed by atoms with Crippen molar-refractivity contribution in [2.75, 3.05) is 6.61 Å². The first-order valence-corrected chi connectivity index (χ1v) is 2.62. The van der Waals surface area contributed by atoms with Gasteiger partial charge in [-0.3, -0.25) is 0 Å².